The monoisotopic (exact) mass is 497 g/mol. The van der Waals surface area contributed by atoms with Crippen molar-refractivity contribution in [1.29, 1.82) is 0 Å². The number of hydrogen-bond donors (Lipinski definition) is 0. The third kappa shape index (κ3) is 5.14. The second-order valence-electron chi connectivity index (χ2n) is 7.84. The van der Waals surface area contributed by atoms with Crippen molar-refractivity contribution in [2.24, 2.45) is 0 Å². The van der Waals surface area contributed by atoms with Gasteiger partial charge in [0.15, 0.2) is 6.61 Å². The van der Waals surface area contributed by atoms with Crippen LogP contribution in [0.15, 0.2) is 47.4 Å². The fraction of sp³-hybridized carbons (Fsp3) is 0.409. The Morgan fingerprint density at radius 2 is 1.59 bits per heavy atom. The van der Waals surface area contributed by atoms with Gasteiger partial charge in [-0.1, -0.05) is 29.3 Å². The van der Waals surface area contributed by atoms with Crippen molar-refractivity contribution in [3.05, 3.63) is 52.5 Å². The van der Waals surface area contributed by atoms with Gasteiger partial charge in [0.05, 0.1) is 0 Å². The first-order chi connectivity index (χ1) is 15.3. The minimum Gasteiger partial charge on any atom is -0.482 e. The van der Waals surface area contributed by atoms with Crippen LogP contribution in [0.1, 0.15) is 12.8 Å². The second kappa shape index (κ2) is 9.87. The molecule has 32 heavy (non-hydrogen) atoms. The molecule has 7 nitrogen and oxygen atoms in total. The third-order valence-electron chi connectivity index (χ3n) is 5.75. The summed E-state index contributed by atoms with van der Waals surface area (Å²) < 4.78 is 33.2. The largest absolute Gasteiger partial charge is 0.482 e. The predicted octanol–water partition coefficient (Wildman–Crippen LogP) is 3.51. The molecule has 2 aromatic carbocycles. The molecule has 2 aliphatic rings. The number of carbonyl (C=O) groups is 1. The molecule has 2 fully saturated rings. The second-order valence-corrected chi connectivity index (χ2v) is 10.6. The lowest BCUT2D eigenvalue weighted by Crippen LogP contribution is -2.50. The average molecular weight is 498 g/mol. The Balaban J connectivity index is 1.38. The SMILES string of the molecule is O=C(COc1ccc(Cl)cc1S(=O)(=O)N1CCCC1)N1CCN(c2cccc(Cl)c2)CC1. The molecule has 4 rings (SSSR count). The molecule has 2 saturated heterocycles. The highest BCUT2D eigenvalue weighted by Crippen LogP contribution is 2.31. The maximum absolute atomic E-state index is 13.0. The lowest BCUT2D eigenvalue weighted by atomic mass is 10.2. The van der Waals surface area contributed by atoms with Crippen molar-refractivity contribution in [1.82, 2.24) is 9.21 Å². The van der Waals surface area contributed by atoms with Gasteiger partial charge in [0, 0.05) is 55.0 Å². The zero-order chi connectivity index (χ0) is 22.7. The molecule has 0 spiro atoms. The number of piperazine rings is 1. The van der Waals surface area contributed by atoms with Gasteiger partial charge in [0.1, 0.15) is 10.6 Å². The van der Waals surface area contributed by atoms with Gasteiger partial charge >= 0.3 is 0 Å². The molecule has 0 atom stereocenters. The summed E-state index contributed by atoms with van der Waals surface area (Å²) in [7, 11) is -3.72. The molecule has 0 aromatic heterocycles. The number of ether oxygens (including phenoxy) is 1. The highest BCUT2D eigenvalue weighted by atomic mass is 35.5. The quantitative estimate of drug-likeness (QED) is 0.610. The van der Waals surface area contributed by atoms with Crippen molar-refractivity contribution < 1.29 is 17.9 Å². The van der Waals surface area contributed by atoms with Crippen LogP contribution in [-0.4, -0.2) is 69.4 Å². The Morgan fingerprint density at radius 1 is 0.906 bits per heavy atom. The molecule has 0 aliphatic carbocycles. The summed E-state index contributed by atoms with van der Waals surface area (Å²) in [5.41, 5.74) is 1.03. The summed E-state index contributed by atoms with van der Waals surface area (Å²) >= 11 is 12.1. The van der Waals surface area contributed by atoms with Gasteiger partial charge < -0.3 is 14.5 Å². The molecule has 2 aromatic rings. The van der Waals surface area contributed by atoms with E-state index < -0.39 is 10.0 Å². The van der Waals surface area contributed by atoms with Crippen LogP contribution in [0, 0.1) is 0 Å². The molecular formula is C22H25Cl2N3O4S. The first-order valence-corrected chi connectivity index (χ1v) is 12.7. The number of hydrogen-bond acceptors (Lipinski definition) is 5. The van der Waals surface area contributed by atoms with E-state index in [1.54, 1.807) is 11.0 Å². The van der Waals surface area contributed by atoms with E-state index in [1.165, 1.54) is 16.4 Å². The van der Waals surface area contributed by atoms with E-state index in [9.17, 15) is 13.2 Å². The molecule has 10 heteroatoms. The molecule has 0 N–H and O–H groups in total. The lowest BCUT2D eigenvalue weighted by Gasteiger charge is -2.36. The van der Waals surface area contributed by atoms with Crippen LogP contribution >= 0.6 is 23.2 Å². The Kier molecular flexibility index (Phi) is 7.14. The Hall–Kier alpha value is -2.00. The minimum absolute atomic E-state index is 0.00507. The number of amides is 1. The molecule has 0 bridgehead atoms. The van der Waals surface area contributed by atoms with Crippen LogP contribution in [0.25, 0.3) is 0 Å². The summed E-state index contributed by atoms with van der Waals surface area (Å²) in [6.45, 7) is 3.18. The normalized spacial score (nSPS) is 17.6. The lowest BCUT2D eigenvalue weighted by molar-refractivity contribution is -0.133. The van der Waals surface area contributed by atoms with E-state index in [0.717, 1.165) is 18.5 Å². The summed E-state index contributed by atoms with van der Waals surface area (Å²) in [5, 5.41) is 0.982. The average Bonchev–Trinajstić information content (AvgIpc) is 3.34. The van der Waals surface area contributed by atoms with E-state index in [0.29, 0.717) is 49.3 Å². The fourth-order valence-corrected chi connectivity index (χ4v) is 6.08. The highest BCUT2D eigenvalue weighted by Gasteiger charge is 2.31. The van der Waals surface area contributed by atoms with Gasteiger partial charge in [-0.2, -0.15) is 4.31 Å². The zero-order valence-corrected chi connectivity index (χ0v) is 19.9. The van der Waals surface area contributed by atoms with Crippen LogP contribution in [0.3, 0.4) is 0 Å². The molecule has 0 unspecified atom stereocenters. The molecule has 0 saturated carbocycles. The van der Waals surface area contributed by atoms with Gasteiger partial charge in [-0.25, -0.2) is 8.42 Å². The predicted molar refractivity (Wildman–Crippen MR) is 125 cm³/mol. The highest BCUT2D eigenvalue weighted by molar-refractivity contribution is 7.89. The zero-order valence-electron chi connectivity index (χ0n) is 17.5. The van der Waals surface area contributed by atoms with E-state index in [2.05, 4.69) is 4.90 Å². The van der Waals surface area contributed by atoms with Crippen LogP contribution in [0.5, 0.6) is 5.75 Å². The van der Waals surface area contributed by atoms with Crippen molar-refractivity contribution in [2.45, 2.75) is 17.7 Å². The number of benzene rings is 2. The van der Waals surface area contributed by atoms with Crippen molar-refractivity contribution in [3.8, 4) is 5.75 Å². The van der Waals surface area contributed by atoms with Gasteiger partial charge in [0.25, 0.3) is 5.91 Å². The fourth-order valence-electron chi connectivity index (χ4n) is 3.99. The minimum atomic E-state index is -3.72. The Bertz CT molecular complexity index is 1080. The summed E-state index contributed by atoms with van der Waals surface area (Å²) in [6.07, 6.45) is 1.66. The number of rotatable bonds is 6. The van der Waals surface area contributed by atoms with Crippen molar-refractivity contribution in [3.63, 3.8) is 0 Å². The first kappa shape index (κ1) is 23.2. The van der Waals surface area contributed by atoms with Crippen LogP contribution in [-0.2, 0) is 14.8 Å². The number of halogens is 2. The first-order valence-electron chi connectivity index (χ1n) is 10.6. The molecule has 1 amide bonds. The van der Waals surface area contributed by atoms with E-state index >= 15 is 0 Å². The Labute approximate surface area is 198 Å². The van der Waals surface area contributed by atoms with Crippen LogP contribution in [0.2, 0.25) is 10.0 Å². The third-order valence-corrected chi connectivity index (χ3v) is 8.14. The van der Waals surface area contributed by atoms with E-state index in [4.69, 9.17) is 27.9 Å². The number of nitrogens with zero attached hydrogens (tertiary/aromatic N) is 3. The molecule has 2 heterocycles. The maximum Gasteiger partial charge on any atom is 0.260 e. The number of anilines is 1. The molecule has 172 valence electrons. The molecule has 2 aliphatic heterocycles. The standard InChI is InChI=1S/C22H25Cl2N3O4S/c23-17-4-3-5-19(14-17)25-10-12-26(13-11-25)22(28)16-31-20-7-6-18(24)15-21(20)32(29,30)27-8-1-2-9-27/h3-7,14-15H,1-2,8-13,16H2. The van der Waals surface area contributed by atoms with Crippen LogP contribution in [0.4, 0.5) is 5.69 Å². The van der Waals surface area contributed by atoms with E-state index in [1.807, 2.05) is 24.3 Å². The smallest absolute Gasteiger partial charge is 0.260 e. The molecular weight excluding hydrogens is 473 g/mol. The Morgan fingerprint density at radius 3 is 2.28 bits per heavy atom. The summed E-state index contributed by atoms with van der Waals surface area (Å²) in [4.78, 5) is 16.6. The van der Waals surface area contributed by atoms with E-state index in [-0.39, 0.29) is 23.2 Å². The summed E-state index contributed by atoms with van der Waals surface area (Å²) in [5.74, 6) is -0.0394. The molecule has 0 radical (unpaired) electrons. The van der Waals surface area contributed by atoms with Gasteiger partial charge in [0.2, 0.25) is 10.0 Å². The number of carbonyl (C=O) groups excluding carboxylic acids is 1. The summed E-state index contributed by atoms with van der Waals surface area (Å²) in [6, 6.07) is 12.1. The van der Waals surface area contributed by atoms with Crippen LogP contribution < -0.4 is 9.64 Å². The topological polar surface area (TPSA) is 70.2 Å². The van der Waals surface area contributed by atoms with Gasteiger partial charge in [-0.15, -0.1) is 0 Å². The van der Waals surface area contributed by atoms with Crippen molar-refractivity contribution >= 4 is 44.8 Å². The van der Waals surface area contributed by atoms with Crippen molar-refractivity contribution in [2.75, 3.05) is 50.8 Å². The number of sulfonamides is 1. The van der Waals surface area contributed by atoms with Gasteiger partial charge in [-0.05, 0) is 49.2 Å². The maximum atomic E-state index is 13.0. The van der Waals surface area contributed by atoms with Gasteiger partial charge in [-0.3, -0.25) is 4.79 Å².